The molecule has 0 unspecified atom stereocenters. The predicted octanol–water partition coefficient (Wildman–Crippen LogP) is 2.55. The molecule has 1 saturated heterocycles. The van der Waals surface area contributed by atoms with Gasteiger partial charge in [0.1, 0.15) is 18.8 Å². The van der Waals surface area contributed by atoms with E-state index in [1.807, 2.05) is 0 Å². The van der Waals surface area contributed by atoms with Crippen LogP contribution >= 0.6 is 0 Å². The highest BCUT2D eigenvalue weighted by molar-refractivity contribution is 6.15. The van der Waals surface area contributed by atoms with E-state index in [0.717, 1.165) is 0 Å². The van der Waals surface area contributed by atoms with Crippen LogP contribution in [0.15, 0.2) is 48.2 Å². The van der Waals surface area contributed by atoms with Crippen molar-refractivity contribution in [3.05, 3.63) is 69.4 Å². The van der Waals surface area contributed by atoms with Crippen molar-refractivity contribution < 1.29 is 33.9 Å². The van der Waals surface area contributed by atoms with Crippen LogP contribution in [0, 0.1) is 10.1 Å². The van der Waals surface area contributed by atoms with E-state index in [1.165, 1.54) is 18.2 Å². The number of nitrogens with zero attached hydrogens (tertiary/aromatic N) is 2. The Morgan fingerprint density at radius 1 is 1.19 bits per heavy atom. The number of urea groups is 1. The summed E-state index contributed by atoms with van der Waals surface area (Å²) in [6.07, 6.45) is 1.40. The van der Waals surface area contributed by atoms with Crippen LogP contribution in [-0.4, -0.2) is 46.0 Å². The van der Waals surface area contributed by atoms with Crippen molar-refractivity contribution in [2.75, 3.05) is 13.2 Å². The molecule has 0 saturated carbocycles. The average molecular weight is 441 g/mol. The SMILES string of the molecule is CCOc1cc(/C=C2/NC(=O)N(CC(=O)O)C2=O)ccc1OCc1cccc([N+](=O)[O-])c1. The van der Waals surface area contributed by atoms with E-state index in [9.17, 15) is 24.5 Å². The summed E-state index contributed by atoms with van der Waals surface area (Å²) in [4.78, 5) is 46.0. The van der Waals surface area contributed by atoms with Gasteiger partial charge in [0.05, 0.1) is 11.5 Å². The quantitative estimate of drug-likeness (QED) is 0.261. The molecule has 11 heteroatoms. The van der Waals surface area contributed by atoms with Crippen molar-refractivity contribution in [3.8, 4) is 11.5 Å². The normalized spacial score (nSPS) is 14.4. The third-order valence-corrected chi connectivity index (χ3v) is 4.35. The minimum Gasteiger partial charge on any atom is -0.490 e. The Kier molecular flexibility index (Phi) is 6.68. The molecule has 0 radical (unpaired) electrons. The van der Waals surface area contributed by atoms with Gasteiger partial charge in [-0.1, -0.05) is 18.2 Å². The van der Waals surface area contributed by atoms with Crippen molar-refractivity contribution in [2.24, 2.45) is 0 Å². The summed E-state index contributed by atoms with van der Waals surface area (Å²) < 4.78 is 11.3. The van der Waals surface area contributed by atoms with E-state index in [4.69, 9.17) is 14.6 Å². The van der Waals surface area contributed by atoms with Crippen LogP contribution in [0.4, 0.5) is 10.5 Å². The Labute approximate surface area is 182 Å². The number of nitro groups is 1. The number of carboxylic acid groups (broad SMARTS) is 1. The maximum absolute atomic E-state index is 12.3. The summed E-state index contributed by atoms with van der Waals surface area (Å²) in [6, 6.07) is 10.1. The lowest BCUT2D eigenvalue weighted by molar-refractivity contribution is -0.384. The van der Waals surface area contributed by atoms with E-state index < -0.39 is 29.4 Å². The lowest BCUT2D eigenvalue weighted by Crippen LogP contribution is -2.35. The van der Waals surface area contributed by atoms with Gasteiger partial charge in [-0.2, -0.15) is 0 Å². The van der Waals surface area contributed by atoms with Crippen molar-refractivity contribution >= 4 is 29.7 Å². The van der Waals surface area contributed by atoms with Gasteiger partial charge >= 0.3 is 12.0 Å². The summed E-state index contributed by atoms with van der Waals surface area (Å²) in [6.45, 7) is 1.44. The number of rotatable bonds is 9. The highest BCUT2D eigenvalue weighted by Crippen LogP contribution is 2.30. The Morgan fingerprint density at radius 3 is 2.66 bits per heavy atom. The van der Waals surface area contributed by atoms with Crippen LogP contribution in [0.2, 0.25) is 0 Å². The van der Waals surface area contributed by atoms with Crippen LogP contribution in [-0.2, 0) is 16.2 Å². The van der Waals surface area contributed by atoms with Crippen molar-refractivity contribution in [3.63, 3.8) is 0 Å². The van der Waals surface area contributed by atoms with Gasteiger partial charge in [-0.05, 0) is 36.3 Å². The van der Waals surface area contributed by atoms with Crippen molar-refractivity contribution in [1.82, 2.24) is 10.2 Å². The Morgan fingerprint density at radius 2 is 1.97 bits per heavy atom. The fraction of sp³-hybridized carbons (Fsp3) is 0.190. The molecule has 166 valence electrons. The molecular weight excluding hydrogens is 422 g/mol. The lowest BCUT2D eigenvalue weighted by Gasteiger charge is -2.13. The van der Waals surface area contributed by atoms with Crippen LogP contribution in [0.3, 0.4) is 0 Å². The Bertz CT molecular complexity index is 1110. The summed E-state index contributed by atoms with van der Waals surface area (Å²) in [5.74, 6) is -1.30. The van der Waals surface area contributed by atoms with Crippen molar-refractivity contribution in [2.45, 2.75) is 13.5 Å². The standard InChI is InChI=1S/C21H19N3O8/c1-2-31-18-10-13(9-16-20(27)23(11-19(25)26)21(28)22-16)6-7-17(18)32-12-14-4-3-5-15(8-14)24(29)30/h3-10H,2,11-12H2,1H3,(H,22,28)(H,25,26)/b16-9+. The fourth-order valence-electron chi connectivity index (χ4n) is 2.94. The number of nitrogens with one attached hydrogen (secondary N) is 1. The summed E-state index contributed by atoms with van der Waals surface area (Å²) in [5, 5.41) is 22.1. The third-order valence-electron chi connectivity index (χ3n) is 4.35. The molecule has 3 rings (SSSR count). The van der Waals surface area contributed by atoms with Gasteiger partial charge in [-0.15, -0.1) is 0 Å². The largest absolute Gasteiger partial charge is 0.490 e. The van der Waals surface area contributed by atoms with E-state index in [1.54, 1.807) is 37.3 Å². The van der Waals surface area contributed by atoms with E-state index >= 15 is 0 Å². The zero-order valence-electron chi connectivity index (χ0n) is 16.9. The number of carbonyl (C=O) groups is 3. The minimum absolute atomic E-state index is 0.0432. The van der Waals surface area contributed by atoms with Crippen LogP contribution in [0.1, 0.15) is 18.1 Å². The van der Waals surface area contributed by atoms with Gasteiger partial charge in [0.2, 0.25) is 0 Å². The summed E-state index contributed by atoms with van der Waals surface area (Å²) in [5.41, 5.74) is 1.00. The molecule has 1 fully saturated rings. The molecule has 2 aromatic rings. The average Bonchev–Trinajstić information content (AvgIpc) is 3.00. The topological polar surface area (TPSA) is 148 Å². The van der Waals surface area contributed by atoms with Gasteiger partial charge in [0, 0.05) is 12.1 Å². The first kappa shape index (κ1) is 22.3. The zero-order chi connectivity index (χ0) is 23.3. The molecule has 0 aliphatic carbocycles. The molecule has 0 atom stereocenters. The molecule has 0 aromatic heterocycles. The van der Waals surface area contributed by atoms with Crippen molar-refractivity contribution in [1.29, 1.82) is 0 Å². The number of aliphatic carboxylic acids is 1. The molecule has 1 aliphatic rings. The molecule has 11 nitrogen and oxygen atoms in total. The predicted molar refractivity (Wildman–Crippen MR) is 111 cm³/mol. The number of carboxylic acids is 1. The van der Waals surface area contributed by atoms with Gasteiger partial charge in [-0.3, -0.25) is 19.7 Å². The number of hydrogen-bond donors (Lipinski definition) is 2. The highest BCUT2D eigenvalue weighted by atomic mass is 16.6. The van der Waals surface area contributed by atoms with E-state index in [2.05, 4.69) is 5.32 Å². The minimum atomic E-state index is -1.31. The van der Waals surface area contributed by atoms with Gasteiger partial charge in [0.15, 0.2) is 11.5 Å². The second kappa shape index (κ2) is 9.60. The number of hydrogen-bond acceptors (Lipinski definition) is 7. The monoisotopic (exact) mass is 441 g/mol. The van der Waals surface area contributed by atoms with Gasteiger partial charge in [-0.25, -0.2) is 9.69 Å². The van der Waals surface area contributed by atoms with Gasteiger partial charge < -0.3 is 19.9 Å². The number of benzene rings is 2. The van der Waals surface area contributed by atoms with Gasteiger partial charge in [0.25, 0.3) is 11.6 Å². The second-order valence-corrected chi connectivity index (χ2v) is 6.63. The fourth-order valence-corrected chi connectivity index (χ4v) is 2.94. The Balaban J connectivity index is 1.79. The molecule has 0 bridgehead atoms. The number of non-ortho nitro benzene ring substituents is 1. The maximum Gasteiger partial charge on any atom is 0.329 e. The number of carbonyl (C=O) groups excluding carboxylic acids is 2. The Hall–Kier alpha value is -4.41. The van der Waals surface area contributed by atoms with E-state index in [0.29, 0.717) is 34.1 Å². The molecule has 2 aromatic carbocycles. The second-order valence-electron chi connectivity index (χ2n) is 6.63. The van der Waals surface area contributed by atoms with Crippen LogP contribution < -0.4 is 14.8 Å². The van der Waals surface area contributed by atoms with Crippen LogP contribution in [0.25, 0.3) is 6.08 Å². The summed E-state index contributed by atoms with van der Waals surface area (Å²) in [7, 11) is 0. The zero-order valence-corrected chi connectivity index (χ0v) is 16.9. The molecule has 32 heavy (non-hydrogen) atoms. The lowest BCUT2D eigenvalue weighted by atomic mass is 10.1. The molecule has 0 spiro atoms. The first-order chi connectivity index (χ1) is 15.3. The maximum atomic E-state index is 12.3. The molecule has 1 aliphatic heterocycles. The first-order valence-corrected chi connectivity index (χ1v) is 9.47. The smallest absolute Gasteiger partial charge is 0.329 e. The van der Waals surface area contributed by atoms with E-state index in [-0.39, 0.29) is 18.0 Å². The molecular formula is C21H19N3O8. The molecule has 2 N–H and O–H groups in total. The summed E-state index contributed by atoms with van der Waals surface area (Å²) >= 11 is 0. The first-order valence-electron chi connectivity index (χ1n) is 9.47. The third kappa shape index (κ3) is 5.19. The number of imide groups is 1. The number of ether oxygens (including phenoxy) is 2. The molecule has 1 heterocycles. The van der Waals surface area contributed by atoms with Crippen LogP contribution in [0.5, 0.6) is 11.5 Å². The molecule has 3 amide bonds. The number of amides is 3. The highest BCUT2D eigenvalue weighted by Gasteiger charge is 2.34. The number of nitro benzene ring substituents is 1.